The highest BCUT2D eigenvalue weighted by Crippen LogP contribution is 2.29. The van der Waals surface area contributed by atoms with Crippen LogP contribution in [0.25, 0.3) is 0 Å². The van der Waals surface area contributed by atoms with Gasteiger partial charge in [0.25, 0.3) is 15.7 Å². The molecule has 160 valence electrons. The van der Waals surface area contributed by atoms with Crippen molar-refractivity contribution in [2.24, 2.45) is 11.0 Å². The first-order chi connectivity index (χ1) is 14.3. The van der Waals surface area contributed by atoms with Crippen molar-refractivity contribution in [3.05, 3.63) is 52.6 Å². The normalized spacial score (nSPS) is 18.1. The van der Waals surface area contributed by atoms with E-state index < -0.39 is 14.9 Å². The number of nitro groups is 1. The molecule has 0 aliphatic heterocycles. The summed E-state index contributed by atoms with van der Waals surface area (Å²) in [5.74, 6) is 0.900. The lowest BCUT2D eigenvalue weighted by Gasteiger charge is -2.20. The Hall–Kier alpha value is -3.14. The van der Waals surface area contributed by atoms with Crippen molar-refractivity contribution in [1.29, 1.82) is 0 Å². The first-order valence-corrected chi connectivity index (χ1v) is 11.1. The number of rotatable bonds is 7. The van der Waals surface area contributed by atoms with Gasteiger partial charge in [0.2, 0.25) is 0 Å². The molecule has 1 fully saturated rings. The maximum Gasteiger partial charge on any atom is 0.295 e. The van der Waals surface area contributed by atoms with Crippen LogP contribution < -0.4 is 14.9 Å². The Balaban J connectivity index is 1.84. The third-order valence-corrected chi connectivity index (χ3v) is 6.41. The molecular formula is C20H24N4O5S. The van der Waals surface area contributed by atoms with Crippen LogP contribution in [0.1, 0.15) is 32.6 Å². The number of anilines is 2. The number of nitrogens with one attached hydrogen (secondary N) is 2. The monoisotopic (exact) mass is 432 g/mol. The standard InChI is InChI=1S/C20H24N4O5S/c1-14-5-3-4-6-18(14)21-22-19-12-11-17(13-20(19)24(25)26)30(27,28)23-15-7-9-16(29-2)10-8-15/h7-14,22-23H,3-6H2,1-2H3/b21-18+/t14-/m1/s1. The van der Waals surface area contributed by atoms with Gasteiger partial charge >= 0.3 is 0 Å². The van der Waals surface area contributed by atoms with Gasteiger partial charge in [0.15, 0.2) is 0 Å². The maximum atomic E-state index is 12.7. The highest BCUT2D eigenvalue weighted by Gasteiger charge is 2.22. The molecule has 1 saturated carbocycles. The fraction of sp³-hybridized carbons (Fsp3) is 0.350. The first-order valence-electron chi connectivity index (χ1n) is 9.58. The van der Waals surface area contributed by atoms with Crippen LogP contribution in [-0.2, 0) is 10.0 Å². The third kappa shape index (κ3) is 5.07. The summed E-state index contributed by atoms with van der Waals surface area (Å²) in [6, 6.07) is 10.0. The topological polar surface area (TPSA) is 123 Å². The van der Waals surface area contributed by atoms with Crippen LogP contribution >= 0.6 is 0 Å². The molecule has 2 N–H and O–H groups in total. The van der Waals surface area contributed by atoms with E-state index in [1.807, 2.05) is 0 Å². The van der Waals surface area contributed by atoms with Crippen LogP contribution in [-0.4, -0.2) is 26.2 Å². The molecule has 0 spiro atoms. The molecule has 3 rings (SSSR count). The van der Waals surface area contributed by atoms with E-state index in [0.29, 0.717) is 17.4 Å². The summed E-state index contributed by atoms with van der Waals surface area (Å²) < 4.78 is 32.8. The summed E-state index contributed by atoms with van der Waals surface area (Å²) in [5, 5.41) is 15.9. The van der Waals surface area contributed by atoms with E-state index in [9.17, 15) is 18.5 Å². The Bertz CT molecular complexity index is 1050. The zero-order chi connectivity index (χ0) is 21.7. The van der Waals surface area contributed by atoms with Crippen LogP contribution in [0.5, 0.6) is 5.75 Å². The van der Waals surface area contributed by atoms with E-state index in [1.165, 1.54) is 19.2 Å². The molecule has 0 unspecified atom stereocenters. The molecule has 1 aliphatic carbocycles. The minimum atomic E-state index is -4.01. The second kappa shape index (κ2) is 9.12. The Morgan fingerprint density at radius 3 is 2.53 bits per heavy atom. The average molecular weight is 433 g/mol. The van der Waals surface area contributed by atoms with Crippen molar-refractivity contribution in [2.45, 2.75) is 37.5 Å². The highest BCUT2D eigenvalue weighted by atomic mass is 32.2. The van der Waals surface area contributed by atoms with Gasteiger partial charge in [-0.3, -0.25) is 20.3 Å². The second-order valence-corrected chi connectivity index (χ2v) is 8.81. The van der Waals surface area contributed by atoms with Crippen LogP contribution in [0.2, 0.25) is 0 Å². The van der Waals surface area contributed by atoms with Gasteiger partial charge in [-0.05, 0) is 61.6 Å². The number of benzene rings is 2. The van der Waals surface area contributed by atoms with E-state index in [2.05, 4.69) is 22.2 Å². The minimum Gasteiger partial charge on any atom is -0.497 e. The number of sulfonamides is 1. The van der Waals surface area contributed by atoms with E-state index in [1.54, 1.807) is 24.3 Å². The van der Waals surface area contributed by atoms with Crippen molar-refractivity contribution in [2.75, 3.05) is 17.3 Å². The van der Waals surface area contributed by atoms with Crippen LogP contribution in [0.4, 0.5) is 17.1 Å². The van der Waals surface area contributed by atoms with Crippen molar-refractivity contribution in [3.63, 3.8) is 0 Å². The number of hydrogen-bond acceptors (Lipinski definition) is 7. The number of ether oxygens (including phenoxy) is 1. The molecule has 10 heteroatoms. The van der Waals surface area contributed by atoms with E-state index in [0.717, 1.165) is 37.5 Å². The zero-order valence-electron chi connectivity index (χ0n) is 16.8. The lowest BCUT2D eigenvalue weighted by molar-refractivity contribution is -0.384. The van der Waals surface area contributed by atoms with E-state index in [-0.39, 0.29) is 16.3 Å². The van der Waals surface area contributed by atoms with Crippen LogP contribution in [0, 0.1) is 16.0 Å². The molecular weight excluding hydrogens is 408 g/mol. The largest absolute Gasteiger partial charge is 0.497 e. The number of nitro benzene ring substituents is 1. The molecule has 0 aromatic heterocycles. The Morgan fingerprint density at radius 1 is 1.17 bits per heavy atom. The summed E-state index contributed by atoms with van der Waals surface area (Å²) in [7, 11) is -2.50. The first kappa shape index (κ1) is 21.6. The lowest BCUT2D eigenvalue weighted by Crippen LogP contribution is -2.17. The molecule has 0 saturated heterocycles. The number of nitrogens with zero attached hydrogens (tertiary/aromatic N) is 2. The molecule has 0 amide bonds. The van der Waals surface area contributed by atoms with Crippen molar-refractivity contribution >= 4 is 32.8 Å². The molecule has 30 heavy (non-hydrogen) atoms. The highest BCUT2D eigenvalue weighted by molar-refractivity contribution is 7.92. The van der Waals surface area contributed by atoms with Crippen LogP contribution in [0.3, 0.4) is 0 Å². The smallest absolute Gasteiger partial charge is 0.295 e. The van der Waals surface area contributed by atoms with Gasteiger partial charge in [0.1, 0.15) is 11.4 Å². The van der Waals surface area contributed by atoms with Crippen LogP contribution in [0.15, 0.2) is 52.5 Å². The van der Waals surface area contributed by atoms with Gasteiger partial charge in [-0.1, -0.05) is 13.3 Å². The molecule has 9 nitrogen and oxygen atoms in total. The molecule has 0 radical (unpaired) electrons. The third-order valence-electron chi connectivity index (χ3n) is 5.03. The summed E-state index contributed by atoms with van der Waals surface area (Å²) in [5.41, 5.74) is 3.82. The van der Waals surface area contributed by atoms with Crippen molar-refractivity contribution in [3.8, 4) is 5.75 Å². The lowest BCUT2D eigenvalue weighted by atomic mass is 9.89. The van der Waals surface area contributed by atoms with E-state index in [4.69, 9.17) is 4.74 Å². The number of hydrazone groups is 1. The SMILES string of the molecule is COc1ccc(NS(=O)(=O)c2ccc(N/N=C3\CCCC[C@H]3C)c([N+](=O)[O-])c2)cc1. The van der Waals surface area contributed by atoms with Gasteiger partial charge < -0.3 is 4.74 Å². The fourth-order valence-electron chi connectivity index (χ4n) is 3.27. The van der Waals surface area contributed by atoms with Gasteiger partial charge in [0.05, 0.1) is 16.9 Å². The van der Waals surface area contributed by atoms with Crippen molar-refractivity contribution in [1.82, 2.24) is 0 Å². The molecule has 1 atom stereocenters. The van der Waals surface area contributed by atoms with Gasteiger partial charge in [0, 0.05) is 17.5 Å². The molecule has 0 bridgehead atoms. The second-order valence-electron chi connectivity index (χ2n) is 7.13. The van der Waals surface area contributed by atoms with Gasteiger partial charge in [-0.2, -0.15) is 5.10 Å². The quantitative estimate of drug-likeness (QED) is 0.494. The number of methoxy groups -OCH3 is 1. The molecule has 2 aromatic rings. The van der Waals surface area contributed by atoms with Gasteiger partial charge in [-0.15, -0.1) is 0 Å². The average Bonchev–Trinajstić information content (AvgIpc) is 2.73. The molecule has 0 heterocycles. The summed E-state index contributed by atoms with van der Waals surface area (Å²) in [6.45, 7) is 2.08. The minimum absolute atomic E-state index is 0.147. The fourth-order valence-corrected chi connectivity index (χ4v) is 4.34. The summed E-state index contributed by atoms with van der Waals surface area (Å²) in [4.78, 5) is 10.7. The predicted octanol–water partition coefficient (Wildman–Crippen LogP) is 4.38. The number of hydrogen-bond donors (Lipinski definition) is 2. The van der Waals surface area contributed by atoms with Gasteiger partial charge in [-0.25, -0.2) is 8.42 Å². The zero-order valence-corrected chi connectivity index (χ0v) is 17.6. The Labute approximate surface area is 175 Å². The van der Waals surface area contributed by atoms with E-state index >= 15 is 0 Å². The Kier molecular flexibility index (Phi) is 6.56. The van der Waals surface area contributed by atoms with Crippen molar-refractivity contribution < 1.29 is 18.1 Å². The molecule has 2 aromatic carbocycles. The maximum absolute atomic E-state index is 12.7. The Morgan fingerprint density at radius 2 is 1.90 bits per heavy atom. The predicted molar refractivity (Wildman–Crippen MR) is 116 cm³/mol. The summed E-state index contributed by atoms with van der Waals surface area (Å²) >= 11 is 0. The molecule has 1 aliphatic rings. The summed E-state index contributed by atoms with van der Waals surface area (Å²) in [6.07, 6.45) is 4.08.